The van der Waals surface area contributed by atoms with Gasteiger partial charge < -0.3 is 15.5 Å². The maximum Gasteiger partial charge on any atom is 0.269 e. The zero-order valence-electron chi connectivity index (χ0n) is 12.1. The Morgan fingerprint density at radius 1 is 1.37 bits per heavy atom. The van der Waals surface area contributed by atoms with Gasteiger partial charge in [-0.1, -0.05) is 13.8 Å². The van der Waals surface area contributed by atoms with Gasteiger partial charge in [0.1, 0.15) is 5.69 Å². The second-order valence-electron chi connectivity index (χ2n) is 4.51. The maximum absolute atomic E-state index is 11.9. The predicted octanol–water partition coefficient (Wildman–Crippen LogP) is 1.58. The van der Waals surface area contributed by atoms with Gasteiger partial charge in [0.2, 0.25) is 0 Å². The van der Waals surface area contributed by atoms with Crippen molar-refractivity contribution in [3.8, 4) is 0 Å². The quantitative estimate of drug-likeness (QED) is 0.748. The first-order valence-corrected chi connectivity index (χ1v) is 6.84. The molecule has 0 aliphatic carbocycles. The summed E-state index contributed by atoms with van der Waals surface area (Å²) in [6, 6.07) is 3.66. The average molecular weight is 264 g/mol. The van der Waals surface area contributed by atoms with Crippen molar-refractivity contribution in [1.82, 2.24) is 15.2 Å². The average Bonchev–Trinajstić information content (AvgIpc) is 2.45. The third-order valence-electron chi connectivity index (χ3n) is 2.89. The number of nitrogens with zero attached hydrogens (tertiary/aromatic N) is 2. The van der Waals surface area contributed by atoms with E-state index in [0.29, 0.717) is 12.2 Å². The Hall–Kier alpha value is -1.62. The molecule has 0 saturated carbocycles. The fourth-order valence-electron chi connectivity index (χ4n) is 1.54. The van der Waals surface area contributed by atoms with Crippen molar-refractivity contribution < 1.29 is 4.79 Å². The lowest BCUT2D eigenvalue weighted by molar-refractivity contribution is 0.0945. The summed E-state index contributed by atoms with van der Waals surface area (Å²) in [4.78, 5) is 18.2. The second kappa shape index (κ2) is 8.48. The molecule has 106 valence electrons. The van der Waals surface area contributed by atoms with Crippen LogP contribution in [0.25, 0.3) is 0 Å². The molecular formula is C14H24N4O. The third kappa shape index (κ3) is 5.70. The van der Waals surface area contributed by atoms with E-state index in [4.69, 9.17) is 0 Å². The monoisotopic (exact) mass is 264 g/mol. The van der Waals surface area contributed by atoms with Gasteiger partial charge in [0, 0.05) is 31.5 Å². The standard InChI is InChI=1S/C14H24N4O/c1-4-7-15-12-6-8-16-13(11-12)14(19)17-9-10-18(3)5-2/h6,8,11H,4-5,7,9-10H2,1-3H3,(H,15,16)(H,17,19). The molecule has 5 nitrogen and oxygen atoms in total. The van der Waals surface area contributed by atoms with Gasteiger partial charge in [-0.3, -0.25) is 9.78 Å². The molecule has 0 aromatic carbocycles. The molecule has 0 fully saturated rings. The number of nitrogens with one attached hydrogen (secondary N) is 2. The number of pyridine rings is 1. The van der Waals surface area contributed by atoms with E-state index in [1.54, 1.807) is 12.3 Å². The molecule has 19 heavy (non-hydrogen) atoms. The topological polar surface area (TPSA) is 57.3 Å². The maximum atomic E-state index is 11.9. The van der Waals surface area contributed by atoms with Crippen LogP contribution in [-0.4, -0.2) is 49.0 Å². The van der Waals surface area contributed by atoms with Crippen molar-refractivity contribution >= 4 is 11.6 Å². The summed E-state index contributed by atoms with van der Waals surface area (Å²) < 4.78 is 0. The molecule has 2 N–H and O–H groups in total. The van der Waals surface area contributed by atoms with E-state index < -0.39 is 0 Å². The molecular weight excluding hydrogens is 240 g/mol. The Bertz CT molecular complexity index is 395. The molecule has 1 aromatic heterocycles. The van der Waals surface area contributed by atoms with E-state index in [1.165, 1.54) is 0 Å². The molecule has 0 radical (unpaired) electrons. The summed E-state index contributed by atoms with van der Waals surface area (Å²) in [6.07, 6.45) is 2.71. The van der Waals surface area contributed by atoms with Crippen molar-refractivity contribution in [3.05, 3.63) is 24.0 Å². The summed E-state index contributed by atoms with van der Waals surface area (Å²) in [5.74, 6) is -0.121. The Morgan fingerprint density at radius 2 is 2.16 bits per heavy atom. The minimum atomic E-state index is -0.121. The van der Waals surface area contributed by atoms with Crippen molar-refractivity contribution in [2.45, 2.75) is 20.3 Å². The minimum absolute atomic E-state index is 0.121. The number of amides is 1. The zero-order valence-corrected chi connectivity index (χ0v) is 12.1. The largest absolute Gasteiger partial charge is 0.385 e. The van der Waals surface area contributed by atoms with Crippen LogP contribution in [-0.2, 0) is 0 Å². The van der Waals surface area contributed by atoms with E-state index >= 15 is 0 Å². The summed E-state index contributed by atoms with van der Waals surface area (Å²) in [7, 11) is 2.03. The Kier molecular flexibility index (Phi) is 6.89. The minimum Gasteiger partial charge on any atom is -0.385 e. The molecule has 0 atom stereocenters. The van der Waals surface area contributed by atoms with Crippen molar-refractivity contribution in [1.29, 1.82) is 0 Å². The summed E-state index contributed by atoms with van der Waals surface area (Å²) in [6.45, 7) is 7.54. The Morgan fingerprint density at radius 3 is 2.84 bits per heavy atom. The lowest BCUT2D eigenvalue weighted by Crippen LogP contribution is -2.33. The molecule has 1 rings (SSSR count). The van der Waals surface area contributed by atoms with E-state index in [-0.39, 0.29) is 5.91 Å². The molecule has 1 amide bonds. The van der Waals surface area contributed by atoms with Gasteiger partial charge in [0.05, 0.1) is 0 Å². The number of carbonyl (C=O) groups excluding carboxylic acids is 1. The smallest absolute Gasteiger partial charge is 0.269 e. The highest BCUT2D eigenvalue weighted by molar-refractivity contribution is 5.93. The number of carbonyl (C=O) groups is 1. The van der Waals surface area contributed by atoms with E-state index in [1.807, 2.05) is 13.1 Å². The number of anilines is 1. The number of rotatable bonds is 8. The molecule has 0 aliphatic heterocycles. The molecule has 1 aromatic rings. The fraction of sp³-hybridized carbons (Fsp3) is 0.571. The summed E-state index contributed by atoms with van der Waals surface area (Å²) in [5, 5.41) is 6.12. The van der Waals surface area contributed by atoms with Crippen molar-refractivity contribution in [2.24, 2.45) is 0 Å². The van der Waals surface area contributed by atoms with Gasteiger partial charge in [0.25, 0.3) is 5.91 Å². The van der Waals surface area contributed by atoms with Gasteiger partial charge in [-0.15, -0.1) is 0 Å². The molecule has 0 bridgehead atoms. The highest BCUT2D eigenvalue weighted by Crippen LogP contribution is 2.07. The first kappa shape index (κ1) is 15.4. The number of hydrogen-bond donors (Lipinski definition) is 2. The van der Waals surface area contributed by atoms with Crippen LogP contribution in [0.1, 0.15) is 30.8 Å². The first-order valence-electron chi connectivity index (χ1n) is 6.84. The summed E-state index contributed by atoms with van der Waals surface area (Å²) in [5.41, 5.74) is 1.40. The Labute approximate surface area is 115 Å². The molecule has 0 saturated heterocycles. The van der Waals surface area contributed by atoms with Crippen molar-refractivity contribution in [3.63, 3.8) is 0 Å². The van der Waals surface area contributed by atoms with E-state index in [2.05, 4.69) is 34.4 Å². The molecule has 5 heteroatoms. The third-order valence-corrected chi connectivity index (χ3v) is 2.89. The molecule has 0 aliphatic rings. The van der Waals surface area contributed by atoms with Crippen LogP contribution in [0.4, 0.5) is 5.69 Å². The number of hydrogen-bond acceptors (Lipinski definition) is 4. The van der Waals surface area contributed by atoms with Crippen LogP contribution in [0.15, 0.2) is 18.3 Å². The highest BCUT2D eigenvalue weighted by atomic mass is 16.1. The van der Waals surface area contributed by atoms with Crippen LogP contribution >= 0.6 is 0 Å². The molecule has 1 heterocycles. The molecule has 0 spiro atoms. The normalized spacial score (nSPS) is 10.5. The predicted molar refractivity (Wildman–Crippen MR) is 78.5 cm³/mol. The van der Waals surface area contributed by atoms with Crippen molar-refractivity contribution in [2.75, 3.05) is 38.5 Å². The first-order chi connectivity index (χ1) is 9.17. The van der Waals surface area contributed by atoms with Crippen LogP contribution in [0.3, 0.4) is 0 Å². The van der Waals surface area contributed by atoms with Gasteiger partial charge in [-0.2, -0.15) is 0 Å². The van der Waals surface area contributed by atoms with Gasteiger partial charge in [-0.25, -0.2) is 0 Å². The summed E-state index contributed by atoms with van der Waals surface area (Å²) >= 11 is 0. The van der Waals surface area contributed by atoms with Crippen LogP contribution in [0, 0.1) is 0 Å². The van der Waals surface area contributed by atoms with Gasteiger partial charge in [-0.05, 0) is 32.1 Å². The van der Waals surface area contributed by atoms with Gasteiger partial charge in [0.15, 0.2) is 0 Å². The molecule has 0 unspecified atom stereocenters. The fourth-order valence-corrected chi connectivity index (χ4v) is 1.54. The van der Waals surface area contributed by atoms with E-state index in [0.717, 1.165) is 31.7 Å². The number of likely N-dealkylation sites (N-methyl/N-ethyl adjacent to an activating group) is 1. The number of aromatic nitrogens is 1. The lowest BCUT2D eigenvalue weighted by atomic mass is 10.3. The lowest BCUT2D eigenvalue weighted by Gasteiger charge is -2.14. The SMILES string of the molecule is CCCNc1ccnc(C(=O)NCCN(C)CC)c1. The van der Waals surface area contributed by atoms with Crippen LogP contribution in [0.5, 0.6) is 0 Å². The van der Waals surface area contributed by atoms with Gasteiger partial charge >= 0.3 is 0 Å². The zero-order chi connectivity index (χ0) is 14.1. The Balaban J connectivity index is 2.47. The van der Waals surface area contributed by atoms with Crippen LogP contribution < -0.4 is 10.6 Å². The van der Waals surface area contributed by atoms with Crippen LogP contribution in [0.2, 0.25) is 0 Å². The second-order valence-corrected chi connectivity index (χ2v) is 4.51. The van der Waals surface area contributed by atoms with E-state index in [9.17, 15) is 4.79 Å². The highest BCUT2D eigenvalue weighted by Gasteiger charge is 2.07.